The minimum absolute atomic E-state index is 0.142. The van der Waals surface area contributed by atoms with E-state index in [0.717, 1.165) is 10.2 Å². The van der Waals surface area contributed by atoms with Gasteiger partial charge in [0, 0.05) is 6.54 Å². The fraction of sp³-hybridized carbons (Fsp3) is 0.385. The van der Waals surface area contributed by atoms with Crippen molar-refractivity contribution in [2.75, 3.05) is 13.1 Å². The molecule has 0 saturated heterocycles. The van der Waals surface area contributed by atoms with E-state index in [1.165, 1.54) is 0 Å². The number of fused-ring (bicyclic) bond motifs is 3. The first kappa shape index (κ1) is 13.1. The van der Waals surface area contributed by atoms with Crippen molar-refractivity contribution < 1.29 is 9.59 Å². The van der Waals surface area contributed by atoms with E-state index < -0.39 is 11.9 Å². The van der Waals surface area contributed by atoms with E-state index in [2.05, 4.69) is 0 Å². The van der Waals surface area contributed by atoms with Crippen LogP contribution in [0.5, 0.6) is 0 Å². The van der Waals surface area contributed by atoms with Crippen molar-refractivity contribution in [1.29, 1.82) is 0 Å². The van der Waals surface area contributed by atoms with Crippen LogP contribution in [0.25, 0.3) is 10.2 Å². The number of rotatable bonds is 4. The van der Waals surface area contributed by atoms with Crippen molar-refractivity contribution in [3.63, 3.8) is 0 Å². The van der Waals surface area contributed by atoms with E-state index >= 15 is 0 Å². The van der Waals surface area contributed by atoms with Gasteiger partial charge in [0.1, 0.15) is 11.7 Å². The zero-order chi connectivity index (χ0) is 14.3. The van der Waals surface area contributed by atoms with Gasteiger partial charge in [-0.05, 0) is 30.5 Å². The third-order valence-corrected chi connectivity index (χ3v) is 4.52. The highest BCUT2D eigenvalue weighted by atomic mass is 32.1. The number of nitrogens with zero attached hydrogens (tertiary/aromatic N) is 2. The Morgan fingerprint density at radius 1 is 1.50 bits per heavy atom. The topological polar surface area (TPSA) is 94.3 Å². The molecule has 0 saturated carbocycles. The molecule has 2 aromatic rings. The second-order valence-electron chi connectivity index (χ2n) is 4.87. The lowest BCUT2D eigenvalue weighted by Gasteiger charge is -2.34. The normalized spacial score (nSPS) is 18.6. The third kappa shape index (κ3) is 1.90. The lowest BCUT2D eigenvalue weighted by atomic mass is 10.1. The number of aromatic nitrogens is 1. The number of carbonyl (C=O) groups is 2. The Morgan fingerprint density at radius 2 is 2.30 bits per heavy atom. The van der Waals surface area contributed by atoms with Crippen molar-refractivity contribution in [3.05, 3.63) is 23.2 Å². The molecule has 20 heavy (non-hydrogen) atoms. The van der Waals surface area contributed by atoms with Crippen molar-refractivity contribution in [1.82, 2.24) is 9.47 Å². The summed E-state index contributed by atoms with van der Waals surface area (Å²) < 4.78 is 2.94. The average molecular weight is 292 g/mol. The Bertz CT molecular complexity index is 675. The minimum Gasteiger partial charge on any atom is -0.368 e. The van der Waals surface area contributed by atoms with Crippen molar-refractivity contribution in [2.24, 2.45) is 11.5 Å². The molecular formula is C13H16N4O2S. The van der Waals surface area contributed by atoms with Gasteiger partial charge in [-0.1, -0.05) is 0 Å². The fourth-order valence-corrected chi connectivity index (χ4v) is 3.50. The summed E-state index contributed by atoms with van der Waals surface area (Å²) in [5.74, 6) is -0.616. The highest BCUT2D eigenvalue weighted by Crippen LogP contribution is 2.29. The Labute approximate surface area is 119 Å². The summed E-state index contributed by atoms with van der Waals surface area (Å²) in [7, 11) is 0. The van der Waals surface area contributed by atoms with E-state index in [9.17, 15) is 9.59 Å². The summed E-state index contributed by atoms with van der Waals surface area (Å²) in [6, 6.07) is 3.25. The molecular weight excluding hydrogens is 276 g/mol. The Kier molecular flexibility index (Phi) is 3.23. The van der Waals surface area contributed by atoms with Crippen LogP contribution in [0.3, 0.4) is 0 Å². The summed E-state index contributed by atoms with van der Waals surface area (Å²) in [6.45, 7) is 1.36. The minimum atomic E-state index is -0.600. The highest BCUT2D eigenvalue weighted by molar-refractivity contribution is 7.17. The third-order valence-electron chi connectivity index (χ3n) is 3.67. The van der Waals surface area contributed by atoms with E-state index in [1.54, 1.807) is 16.2 Å². The van der Waals surface area contributed by atoms with Gasteiger partial charge in [-0.25, -0.2) is 0 Å². The molecule has 6 nitrogen and oxygen atoms in total. The molecule has 1 aliphatic rings. The van der Waals surface area contributed by atoms with Gasteiger partial charge in [0.25, 0.3) is 5.91 Å². The van der Waals surface area contributed by atoms with Gasteiger partial charge < -0.3 is 20.9 Å². The largest absolute Gasteiger partial charge is 0.368 e. The predicted molar refractivity (Wildman–Crippen MR) is 77.5 cm³/mol. The van der Waals surface area contributed by atoms with Crippen LogP contribution in [0, 0.1) is 0 Å². The number of thiophene rings is 1. The Hall–Kier alpha value is -1.86. The average Bonchev–Trinajstić information content (AvgIpc) is 2.98. The lowest BCUT2D eigenvalue weighted by Crippen LogP contribution is -2.54. The summed E-state index contributed by atoms with van der Waals surface area (Å²) in [6.07, 6.45) is 0.657. The van der Waals surface area contributed by atoms with Gasteiger partial charge in [-0.15, -0.1) is 11.3 Å². The molecule has 0 spiro atoms. The van der Waals surface area contributed by atoms with Crippen LogP contribution in [-0.4, -0.2) is 40.4 Å². The van der Waals surface area contributed by atoms with Crippen molar-refractivity contribution >= 4 is 33.4 Å². The maximum atomic E-state index is 12.6. The Morgan fingerprint density at radius 3 is 3.00 bits per heavy atom. The second kappa shape index (κ2) is 4.92. The first-order chi connectivity index (χ1) is 9.63. The standard InChI is InChI=1S/C13H16N4O2S/c14-3-1-4-16-10(12(15)18)7-17-8-2-5-20-11(8)6-9(17)13(16)19/h2,5-6,10H,1,3-4,7,14H2,(H2,15,18). The molecule has 2 aromatic heterocycles. The number of hydrogen-bond donors (Lipinski definition) is 2. The molecule has 0 fully saturated rings. The fourth-order valence-electron chi connectivity index (χ4n) is 2.67. The van der Waals surface area contributed by atoms with Crippen LogP contribution in [0.2, 0.25) is 0 Å². The van der Waals surface area contributed by atoms with Gasteiger partial charge in [0.2, 0.25) is 5.91 Å². The van der Waals surface area contributed by atoms with Crippen LogP contribution >= 0.6 is 11.3 Å². The van der Waals surface area contributed by atoms with E-state index in [-0.39, 0.29) is 5.91 Å². The van der Waals surface area contributed by atoms with Crippen molar-refractivity contribution in [3.8, 4) is 0 Å². The van der Waals surface area contributed by atoms with Gasteiger partial charge >= 0.3 is 0 Å². The monoisotopic (exact) mass is 292 g/mol. The quantitative estimate of drug-likeness (QED) is 0.852. The lowest BCUT2D eigenvalue weighted by molar-refractivity contribution is -0.123. The molecule has 1 unspecified atom stereocenters. The summed E-state index contributed by atoms with van der Waals surface area (Å²) in [5, 5.41) is 1.97. The van der Waals surface area contributed by atoms with E-state index in [0.29, 0.717) is 31.7 Å². The molecule has 0 aromatic carbocycles. The van der Waals surface area contributed by atoms with Crippen LogP contribution in [0.15, 0.2) is 17.5 Å². The van der Waals surface area contributed by atoms with Gasteiger partial charge in [-0.2, -0.15) is 0 Å². The molecule has 4 N–H and O–H groups in total. The van der Waals surface area contributed by atoms with Gasteiger partial charge in [0.15, 0.2) is 0 Å². The summed E-state index contributed by atoms with van der Waals surface area (Å²) >= 11 is 1.58. The van der Waals surface area contributed by atoms with Crippen LogP contribution in [0.4, 0.5) is 0 Å². The molecule has 0 radical (unpaired) electrons. The van der Waals surface area contributed by atoms with Crippen molar-refractivity contribution in [2.45, 2.75) is 19.0 Å². The van der Waals surface area contributed by atoms with Gasteiger partial charge in [-0.3, -0.25) is 9.59 Å². The van der Waals surface area contributed by atoms with E-state index in [4.69, 9.17) is 11.5 Å². The zero-order valence-corrected chi connectivity index (χ0v) is 11.7. The summed E-state index contributed by atoms with van der Waals surface area (Å²) in [5.41, 5.74) is 12.6. The van der Waals surface area contributed by atoms with Crippen LogP contribution in [-0.2, 0) is 11.3 Å². The Balaban J connectivity index is 2.04. The number of primary amides is 1. The molecule has 1 aliphatic heterocycles. The van der Waals surface area contributed by atoms with Gasteiger partial charge in [0.05, 0.1) is 16.8 Å². The first-order valence-electron chi connectivity index (χ1n) is 6.50. The molecule has 0 aliphatic carbocycles. The first-order valence-corrected chi connectivity index (χ1v) is 7.38. The summed E-state index contributed by atoms with van der Waals surface area (Å²) in [4.78, 5) is 25.8. The maximum Gasteiger partial charge on any atom is 0.271 e. The number of hydrogen-bond acceptors (Lipinski definition) is 4. The SMILES string of the molecule is NCCCN1C(=O)c2cc3sccc3n2CC1C(N)=O. The van der Waals surface area contributed by atoms with Crippen LogP contribution in [0.1, 0.15) is 16.9 Å². The second-order valence-corrected chi connectivity index (χ2v) is 5.82. The number of carbonyl (C=O) groups excluding carboxylic acids is 2. The maximum absolute atomic E-state index is 12.6. The molecule has 0 bridgehead atoms. The molecule has 1 atom stereocenters. The molecule has 7 heteroatoms. The number of nitrogens with two attached hydrogens (primary N) is 2. The highest BCUT2D eigenvalue weighted by Gasteiger charge is 2.36. The van der Waals surface area contributed by atoms with Crippen LogP contribution < -0.4 is 11.5 Å². The van der Waals surface area contributed by atoms with E-state index in [1.807, 2.05) is 22.1 Å². The predicted octanol–water partition coefficient (Wildman–Crippen LogP) is 0.361. The molecule has 2 amide bonds. The smallest absolute Gasteiger partial charge is 0.271 e. The number of amides is 2. The molecule has 3 rings (SSSR count). The molecule has 106 valence electrons. The zero-order valence-electron chi connectivity index (χ0n) is 10.9. The molecule has 3 heterocycles.